The van der Waals surface area contributed by atoms with Gasteiger partial charge in [0.15, 0.2) is 0 Å². The summed E-state index contributed by atoms with van der Waals surface area (Å²) >= 11 is 0. The van der Waals surface area contributed by atoms with Crippen LogP contribution in [0.3, 0.4) is 0 Å². The Morgan fingerprint density at radius 3 is 1.82 bits per heavy atom. The van der Waals surface area contributed by atoms with Crippen LogP contribution in [-0.2, 0) is 4.84 Å². The lowest BCUT2D eigenvalue weighted by atomic mass is 9.88. The van der Waals surface area contributed by atoms with Crippen molar-refractivity contribution in [3.05, 3.63) is 131 Å². The Balaban J connectivity index is 1.30. The van der Waals surface area contributed by atoms with E-state index >= 15 is 0 Å². The van der Waals surface area contributed by atoms with E-state index in [1.165, 1.54) is 5.57 Å². The number of carbonyl (C=O) groups excluding carboxylic acids is 2. The number of rotatable bonds is 9. The highest BCUT2D eigenvalue weighted by molar-refractivity contribution is 6.20. The van der Waals surface area contributed by atoms with Gasteiger partial charge in [-0.15, -0.1) is 5.06 Å². The van der Waals surface area contributed by atoms with Crippen molar-refractivity contribution in [1.82, 2.24) is 5.06 Å². The summed E-state index contributed by atoms with van der Waals surface area (Å²) in [5.74, 6) is -0.0668. The molecular formula is C32H27NO5. The van der Waals surface area contributed by atoms with Crippen LogP contribution in [0.15, 0.2) is 103 Å². The zero-order valence-corrected chi connectivity index (χ0v) is 21.0. The summed E-state index contributed by atoms with van der Waals surface area (Å²) in [7, 11) is 0. The average Bonchev–Trinajstić information content (AvgIpc) is 3.20. The maximum absolute atomic E-state index is 12.4. The number of nitrogens with zero attached hydrogens (tertiary/aromatic N) is 1. The molecule has 0 fully saturated rings. The number of phenols is 1. The van der Waals surface area contributed by atoms with E-state index in [4.69, 9.17) is 9.57 Å². The second-order valence-electron chi connectivity index (χ2n) is 8.78. The fraction of sp³-hybridized carbons (Fsp3) is 0.125. The lowest BCUT2D eigenvalue weighted by Gasteiger charge is -2.17. The first-order valence-corrected chi connectivity index (χ1v) is 12.5. The molecule has 0 radical (unpaired) electrons. The number of imide groups is 1. The van der Waals surface area contributed by atoms with Crippen molar-refractivity contribution in [3.63, 3.8) is 0 Å². The van der Waals surface area contributed by atoms with E-state index in [0.29, 0.717) is 16.9 Å². The number of benzene rings is 4. The van der Waals surface area contributed by atoms with Crippen LogP contribution in [0.1, 0.15) is 50.8 Å². The number of hydrogen-bond acceptors (Lipinski definition) is 5. The molecule has 5 rings (SSSR count). The van der Waals surface area contributed by atoms with Gasteiger partial charge in [0.1, 0.15) is 24.7 Å². The zero-order chi connectivity index (χ0) is 26.5. The largest absolute Gasteiger partial charge is 0.508 e. The summed E-state index contributed by atoms with van der Waals surface area (Å²) in [6.45, 7) is 2.34. The molecule has 1 aliphatic heterocycles. The van der Waals surface area contributed by atoms with Gasteiger partial charge >= 0.3 is 0 Å². The first-order valence-electron chi connectivity index (χ1n) is 12.5. The third-order valence-electron chi connectivity index (χ3n) is 6.41. The molecule has 1 aliphatic rings. The maximum Gasteiger partial charge on any atom is 0.285 e. The fourth-order valence-electron chi connectivity index (χ4n) is 4.60. The van der Waals surface area contributed by atoms with Gasteiger partial charge < -0.3 is 9.84 Å². The molecule has 0 unspecified atom stereocenters. The first-order chi connectivity index (χ1) is 18.6. The number of ether oxygens (including phenoxy) is 1. The van der Waals surface area contributed by atoms with E-state index in [1.807, 2.05) is 54.6 Å². The molecular weight excluding hydrogens is 478 g/mol. The van der Waals surface area contributed by atoms with Gasteiger partial charge in [0.25, 0.3) is 11.8 Å². The molecule has 0 atom stereocenters. The lowest BCUT2D eigenvalue weighted by Crippen LogP contribution is -2.31. The third kappa shape index (κ3) is 5.08. The number of fused-ring (bicyclic) bond motifs is 1. The summed E-state index contributed by atoms with van der Waals surface area (Å²) in [5, 5.41) is 10.6. The molecule has 0 bridgehead atoms. The van der Waals surface area contributed by atoms with Crippen molar-refractivity contribution in [3.8, 4) is 11.5 Å². The molecule has 6 nitrogen and oxygen atoms in total. The first kappa shape index (κ1) is 25.0. The molecule has 4 aromatic carbocycles. The van der Waals surface area contributed by atoms with Gasteiger partial charge in [0, 0.05) is 0 Å². The molecule has 1 N–H and O–H groups in total. The molecule has 2 amide bonds. The molecule has 4 aromatic rings. The van der Waals surface area contributed by atoms with Crippen molar-refractivity contribution >= 4 is 23.0 Å². The second-order valence-corrected chi connectivity index (χ2v) is 8.78. The summed E-state index contributed by atoms with van der Waals surface area (Å²) in [6.07, 6.45) is 0.827. The number of amides is 2. The van der Waals surface area contributed by atoms with E-state index in [0.717, 1.165) is 33.7 Å². The van der Waals surface area contributed by atoms with Crippen LogP contribution < -0.4 is 4.74 Å². The van der Waals surface area contributed by atoms with Crippen LogP contribution in [0.2, 0.25) is 0 Å². The van der Waals surface area contributed by atoms with E-state index in [2.05, 4.69) is 19.1 Å². The van der Waals surface area contributed by atoms with Gasteiger partial charge in [-0.2, -0.15) is 0 Å². The highest BCUT2D eigenvalue weighted by Gasteiger charge is 2.36. The van der Waals surface area contributed by atoms with Gasteiger partial charge in [-0.1, -0.05) is 73.7 Å². The van der Waals surface area contributed by atoms with E-state index < -0.39 is 11.8 Å². The minimum atomic E-state index is -0.464. The van der Waals surface area contributed by atoms with Crippen LogP contribution in [-0.4, -0.2) is 35.2 Å². The Labute approximate surface area is 221 Å². The summed E-state index contributed by atoms with van der Waals surface area (Å²) in [6, 6.07) is 31.9. The molecule has 0 saturated heterocycles. The minimum Gasteiger partial charge on any atom is -0.508 e. The van der Waals surface area contributed by atoms with Crippen LogP contribution in [0.25, 0.3) is 11.1 Å². The Morgan fingerprint density at radius 2 is 1.24 bits per heavy atom. The van der Waals surface area contributed by atoms with Crippen molar-refractivity contribution in [2.24, 2.45) is 0 Å². The lowest BCUT2D eigenvalue weighted by molar-refractivity contribution is -0.0976. The van der Waals surface area contributed by atoms with E-state index in [9.17, 15) is 14.7 Å². The molecule has 1 heterocycles. The van der Waals surface area contributed by atoms with Crippen molar-refractivity contribution in [2.45, 2.75) is 13.3 Å². The van der Waals surface area contributed by atoms with Gasteiger partial charge in [0.05, 0.1) is 11.1 Å². The molecule has 0 saturated carbocycles. The van der Waals surface area contributed by atoms with E-state index in [1.54, 1.807) is 36.4 Å². The Bertz CT molecular complexity index is 1440. The van der Waals surface area contributed by atoms with Gasteiger partial charge in [-0.3, -0.25) is 14.4 Å². The SMILES string of the molecule is CCC(=C(c1ccc(O)cc1)c1ccc(OCCON2C(=O)c3ccccc3C2=O)cc1)c1ccccc1. The standard InChI is InChI=1S/C32H27NO5/c1-2-27(22-8-4-3-5-9-22)30(23-12-16-25(34)17-13-23)24-14-18-26(19-15-24)37-20-21-38-33-31(35)28-10-6-7-11-29(28)32(33)36/h3-19,34H,2,20-21H2,1H3. The minimum absolute atomic E-state index is 0.0415. The van der Waals surface area contributed by atoms with Gasteiger partial charge in [-0.25, -0.2) is 0 Å². The number of aromatic hydroxyl groups is 1. The number of phenolic OH excluding ortho intramolecular Hbond substituents is 1. The van der Waals surface area contributed by atoms with Crippen molar-refractivity contribution in [1.29, 1.82) is 0 Å². The normalized spacial score (nSPS) is 13.3. The van der Waals surface area contributed by atoms with Gasteiger partial charge in [-0.05, 0) is 70.7 Å². The van der Waals surface area contributed by atoms with Crippen LogP contribution in [0.4, 0.5) is 0 Å². The van der Waals surface area contributed by atoms with Crippen molar-refractivity contribution in [2.75, 3.05) is 13.2 Å². The molecule has 190 valence electrons. The highest BCUT2D eigenvalue weighted by atomic mass is 16.7. The molecule has 0 aliphatic carbocycles. The van der Waals surface area contributed by atoms with Crippen LogP contribution >= 0.6 is 0 Å². The van der Waals surface area contributed by atoms with Crippen LogP contribution in [0.5, 0.6) is 11.5 Å². The Kier molecular flexibility index (Phi) is 7.33. The number of hydroxylamine groups is 2. The molecule has 6 heteroatoms. The second kappa shape index (κ2) is 11.2. The third-order valence-corrected chi connectivity index (χ3v) is 6.41. The van der Waals surface area contributed by atoms with E-state index in [-0.39, 0.29) is 19.0 Å². The zero-order valence-electron chi connectivity index (χ0n) is 21.0. The smallest absolute Gasteiger partial charge is 0.285 e. The molecule has 0 aromatic heterocycles. The summed E-state index contributed by atoms with van der Waals surface area (Å²) in [5.41, 5.74) is 6.13. The quantitative estimate of drug-likeness (QED) is 0.163. The fourth-order valence-corrected chi connectivity index (χ4v) is 4.60. The monoisotopic (exact) mass is 505 g/mol. The molecule has 0 spiro atoms. The molecule has 38 heavy (non-hydrogen) atoms. The average molecular weight is 506 g/mol. The Morgan fingerprint density at radius 1 is 0.684 bits per heavy atom. The highest BCUT2D eigenvalue weighted by Crippen LogP contribution is 2.35. The predicted octanol–water partition coefficient (Wildman–Crippen LogP) is 6.37. The number of allylic oxidation sites excluding steroid dienone is 1. The Hall–Kier alpha value is -4.68. The number of carbonyl (C=O) groups is 2. The summed E-state index contributed by atoms with van der Waals surface area (Å²) in [4.78, 5) is 30.3. The van der Waals surface area contributed by atoms with Crippen molar-refractivity contribution < 1.29 is 24.3 Å². The number of hydrogen-bond donors (Lipinski definition) is 1. The van der Waals surface area contributed by atoms with Crippen LogP contribution in [0, 0.1) is 0 Å². The maximum atomic E-state index is 12.4. The summed E-state index contributed by atoms with van der Waals surface area (Å²) < 4.78 is 5.82. The van der Waals surface area contributed by atoms with Gasteiger partial charge in [0.2, 0.25) is 0 Å². The predicted molar refractivity (Wildman–Crippen MR) is 146 cm³/mol. The topological polar surface area (TPSA) is 76.1 Å².